The van der Waals surface area contributed by atoms with Gasteiger partial charge in [0.2, 0.25) is 5.75 Å². The lowest BCUT2D eigenvalue weighted by atomic mass is 10.0. The zero-order chi connectivity index (χ0) is 32.2. The highest BCUT2D eigenvalue weighted by molar-refractivity contribution is 5.66. The fourth-order valence-corrected chi connectivity index (χ4v) is 4.01. The Hall–Kier alpha value is -4.73. The number of aryl methyl sites for hydroxylation is 1. The molecule has 44 heavy (non-hydrogen) atoms. The van der Waals surface area contributed by atoms with Crippen molar-refractivity contribution < 1.29 is 53.4 Å². The van der Waals surface area contributed by atoms with Crippen LogP contribution in [0.1, 0.15) is 42.1 Å². The van der Waals surface area contributed by atoms with Crippen LogP contribution in [-0.2, 0) is 12.5 Å². The van der Waals surface area contributed by atoms with E-state index < -0.39 is 69.7 Å². The topological polar surface area (TPSA) is 31.4 Å². The number of aromatic nitrogens is 1. The quantitative estimate of drug-likeness (QED) is 0.144. The van der Waals surface area contributed by atoms with E-state index in [-0.39, 0.29) is 11.3 Å². The van der Waals surface area contributed by atoms with Gasteiger partial charge in [0, 0.05) is 23.4 Å². The predicted octanol–water partition coefficient (Wildman–Crippen LogP) is 9.21. The number of unbranched alkanes of at least 4 members (excludes halogenated alkanes) is 1. The van der Waals surface area contributed by atoms with Gasteiger partial charge in [-0.15, -0.1) is 13.2 Å². The Balaban J connectivity index is 1.53. The average Bonchev–Trinajstić information content (AvgIpc) is 2.92. The molecule has 13 heteroatoms. The van der Waals surface area contributed by atoms with E-state index in [9.17, 15) is 43.9 Å². The summed E-state index contributed by atoms with van der Waals surface area (Å²) in [7, 11) is 0. The van der Waals surface area contributed by atoms with Crippen LogP contribution in [0, 0.1) is 40.9 Å². The van der Waals surface area contributed by atoms with Gasteiger partial charge in [-0.3, -0.25) is 0 Å². The molecule has 1 heterocycles. The molecule has 3 aromatic carbocycles. The Kier molecular flexibility index (Phi) is 9.42. The first kappa shape index (κ1) is 32.2. The third-order valence-electron chi connectivity index (χ3n) is 6.03. The van der Waals surface area contributed by atoms with Gasteiger partial charge < -0.3 is 9.47 Å². The van der Waals surface area contributed by atoms with Gasteiger partial charge in [0.25, 0.3) is 0 Å². The van der Waals surface area contributed by atoms with E-state index in [1.165, 1.54) is 0 Å². The van der Waals surface area contributed by atoms with Crippen LogP contribution in [0.3, 0.4) is 0 Å². The van der Waals surface area contributed by atoms with Gasteiger partial charge in [0.15, 0.2) is 11.6 Å². The molecule has 0 aliphatic heterocycles. The van der Waals surface area contributed by atoms with Crippen molar-refractivity contribution in [2.24, 2.45) is 0 Å². The summed E-state index contributed by atoms with van der Waals surface area (Å²) in [6.45, 7) is 2.04. The Morgan fingerprint density at radius 1 is 0.727 bits per heavy atom. The molecule has 0 aliphatic carbocycles. The molecule has 0 spiro atoms. The lowest BCUT2D eigenvalue weighted by Crippen LogP contribution is -2.25. The maximum absolute atomic E-state index is 14.8. The molecule has 0 saturated carbocycles. The summed E-state index contributed by atoms with van der Waals surface area (Å²) in [5.41, 5.74) is -2.05. The Bertz CT molecular complexity index is 1680. The summed E-state index contributed by atoms with van der Waals surface area (Å²) in [4.78, 5) is 4.14. The Morgan fingerprint density at radius 2 is 1.39 bits per heavy atom. The molecule has 0 radical (unpaired) electrons. The smallest absolute Gasteiger partial charge is 0.429 e. The van der Waals surface area contributed by atoms with Crippen molar-refractivity contribution >= 4 is 0 Å². The van der Waals surface area contributed by atoms with Crippen LogP contribution >= 0.6 is 0 Å². The van der Waals surface area contributed by atoms with E-state index in [1.807, 2.05) is 6.92 Å². The molecule has 0 fully saturated rings. The van der Waals surface area contributed by atoms with Crippen LogP contribution in [0.4, 0.5) is 43.9 Å². The summed E-state index contributed by atoms with van der Waals surface area (Å²) in [6.07, 6.45) is -5.69. The van der Waals surface area contributed by atoms with Crippen LogP contribution < -0.4 is 9.47 Å². The minimum absolute atomic E-state index is 0.280. The standard InChI is InChI=1S/C31H19F10NO2/c1-2-3-4-17-5-7-20(42-16-17)8-6-18-11-24(33)28(25(34)12-18)30(37,38)43-21-9-10-22(23(32)15-21)19-13-26(35)29(27(36)14-19)44-31(39,40)41/h5,7,9-16H,2-4H2,1H3. The molecule has 1 aromatic heterocycles. The number of nitrogens with zero attached hydrogens (tertiary/aromatic N) is 1. The molecule has 0 amide bonds. The zero-order valence-electron chi connectivity index (χ0n) is 22.4. The van der Waals surface area contributed by atoms with Crippen molar-refractivity contribution in [1.29, 1.82) is 0 Å². The van der Waals surface area contributed by atoms with Crippen LogP contribution in [0.2, 0.25) is 0 Å². The lowest BCUT2D eigenvalue weighted by molar-refractivity contribution is -0.276. The van der Waals surface area contributed by atoms with Crippen molar-refractivity contribution in [3.63, 3.8) is 0 Å². The number of benzene rings is 3. The molecule has 3 nitrogen and oxygen atoms in total. The van der Waals surface area contributed by atoms with E-state index in [0.29, 0.717) is 36.4 Å². The molecular weight excluding hydrogens is 608 g/mol. The highest BCUT2D eigenvalue weighted by Gasteiger charge is 2.41. The van der Waals surface area contributed by atoms with Crippen LogP contribution in [0.5, 0.6) is 11.5 Å². The van der Waals surface area contributed by atoms with Crippen molar-refractivity contribution in [2.75, 3.05) is 0 Å². The van der Waals surface area contributed by atoms with E-state index >= 15 is 0 Å². The molecule has 4 aromatic rings. The second kappa shape index (κ2) is 12.9. The van der Waals surface area contributed by atoms with Gasteiger partial charge in [-0.2, -0.15) is 8.78 Å². The maximum atomic E-state index is 14.8. The summed E-state index contributed by atoms with van der Waals surface area (Å²) in [6, 6.07) is 6.90. The Labute approximate surface area is 244 Å². The fraction of sp³-hybridized carbons (Fsp3) is 0.194. The molecule has 230 valence electrons. The van der Waals surface area contributed by atoms with Crippen molar-refractivity contribution in [3.8, 4) is 34.5 Å². The SMILES string of the molecule is CCCCc1ccc(C#Cc2cc(F)c(C(F)(F)Oc3ccc(-c4cc(F)c(OC(F)(F)F)c(F)c4)c(F)c3)c(F)c2)nc1. The number of pyridine rings is 1. The number of rotatable bonds is 8. The molecular formula is C31H19F10NO2. The van der Waals surface area contributed by atoms with Gasteiger partial charge >= 0.3 is 12.5 Å². The molecule has 0 aliphatic rings. The number of ether oxygens (including phenoxy) is 2. The third kappa shape index (κ3) is 7.80. The van der Waals surface area contributed by atoms with Crippen molar-refractivity contribution in [1.82, 2.24) is 4.98 Å². The minimum Gasteiger partial charge on any atom is -0.429 e. The molecule has 0 unspecified atom stereocenters. The second-order valence-corrected chi connectivity index (χ2v) is 9.30. The highest BCUT2D eigenvalue weighted by atomic mass is 19.4. The first-order valence-corrected chi connectivity index (χ1v) is 12.7. The number of hydrogen-bond acceptors (Lipinski definition) is 3. The monoisotopic (exact) mass is 627 g/mol. The molecule has 0 saturated heterocycles. The van der Waals surface area contributed by atoms with Gasteiger partial charge in [-0.25, -0.2) is 26.9 Å². The van der Waals surface area contributed by atoms with Gasteiger partial charge in [0.1, 0.15) is 34.5 Å². The molecule has 4 rings (SSSR count). The maximum Gasteiger partial charge on any atom is 0.573 e. The molecule has 0 bridgehead atoms. The second-order valence-electron chi connectivity index (χ2n) is 9.30. The minimum atomic E-state index is -5.41. The molecule has 0 atom stereocenters. The van der Waals surface area contributed by atoms with Gasteiger partial charge in [-0.05, 0) is 72.4 Å². The van der Waals surface area contributed by atoms with E-state index in [4.69, 9.17) is 0 Å². The van der Waals surface area contributed by atoms with Crippen molar-refractivity contribution in [3.05, 3.63) is 112 Å². The zero-order valence-corrected chi connectivity index (χ0v) is 22.4. The summed E-state index contributed by atoms with van der Waals surface area (Å²) >= 11 is 0. The summed E-state index contributed by atoms with van der Waals surface area (Å²) in [5, 5.41) is 0. The van der Waals surface area contributed by atoms with Crippen molar-refractivity contribution in [2.45, 2.75) is 38.7 Å². The van der Waals surface area contributed by atoms with E-state index in [0.717, 1.165) is 30.9 Å². The summed E-state index contributed by atoms with van der Waals surface area (Å²) in [5.74, 6) is -6.17. The number of alkyl halides is 5. The van der Waals surface area contributed by atoms with Crippen LogP contribution in [0.15, 0.2) is 60.8 Å². The van der Waals surface area contributed by atoms with Gasteiger partial charge in [0.05, 0.1) is 0 Å². The third-order valence-corrected chi connectivity index (χ3v) is 6.03. The molecule has 0 N–H and O–H groups in total. The van der Waals surface area contributed by atoms with Gasteiger partial charge in [-0.1, -0.05) is 25.3 Å². The largest absolute Gasteiger partial charge is 0.573 e. The average molecular weight is 627 g/mol. The first-order valence-electron chi connectivity index (χ1n) is 12.7. The van der Waals surface area contributed by atoms with Crippen LogP contribution in [-0.4, -0.2) is 11.3 Å². The van der Waals surface area contributed by atoms with E-state index in [1.54, 1.807) is 18.3 Å². The highest BCUT2D eigenvalue weighted by Crippen LogP contribution is 2.38. The Morgan fingerprint density at radius 3 is 1.93 bits per heavy atom. The lowest BCUT2D eigenvalue weighted by Gasteiger charge is -2.20. The number of halogens is 10. The predicted molar refractivity (Wildman–Crippen MR) is 138 cm³/mol. The normalized spacial score (nSPS) is 11.6. The summed E-state index contributed by atoms with van der Waals surface area (Å²) < 4.78 is 146. The van der Waals surface area contributed by atoms with Crippen LogP contribution in [0.25, 0.3) is 11.1 Å². The van der Waals surface area contributed by atoms with E-state index in [2.05, 4.69) is 26.3 Å². The fourth-order valence-electron chi connectivity index (χ4n) is 4.01. The first-order chi connectivity index (χ1) is 20.7. The number of hydrogen-bond donors (Lipinski definition) is 0.